The number of ether oxygens (including phenoxy) is 2. The summed E-state index contributed by atoms with van der Waals surface area (Å²) >= 11 is 0. The zero-order valence-electron chi connectivity index (χ0n) is 21.7. The van der Waals surface area contributed by atoms with Crippen LogP contribution in [0.25, 0.3) is 5.65 Å². The van der Waals surface area contributed by atoms with Crippen molar-refractivity contribution in [3.05, 3.63) is 66.1 Å². The summed E-state index contributed by atoms with van der Waals surface area (Å²) in [4.78, 5) is 31.1. The van der Waals surface area contributed by atoms with Gasteiger partial charge in [-0.2, -0.15) is 4.31 Å². The minimum atomic E-state index is -3.73. The van der Waals surface area contributed by atoms with Crippen molar-refractivity contribution in [1.82, 2.24) is 18.6 Å². The summed E-state index contributed by atoms with van der Waals surface area (Å²) in [6.07, 6.45) is 4.81. The molecule has 2 aromatic heterocycles. The molecule has 0 aliphatic carbocycles. The van der Waals surface area contributed by atoms with E-state index in [2.05, 4.69) is 4.98 Å². The van der Waals surface area contributed by atoms with Gasteiger partial charge in [-0.05, 0) is 57.0 Å². The summed E-state index contributed by atoms with van der Waals surface area (Å²) in [5.74, 6) is 0.0116. The molecule has 0 saturated carbocycles. The lowest BCUT2D eigenvalue weighted by molar-refractivity contribution is -0.120. The average Bonchev–Trinajstić information content (AvgIpc) is 3.34. The smallest absolute Gasteiger partial charge is 0.410 e. The molecular weight excluding hydrogens is 508 g/mol. The fourth-order valence-electron chi connectivity index (χ4n) is 4.79. The number of morpholine rings is 2. The summed E-state index contributed by atoms with van der Waals surface area (Å²) in [5.41, 5.74) is 1.67. The highest BCUT2D eigenvalue weighted by molar-refractivity contribution is 7.89. The number of amides is 1. The Balaban J connectivity index is 1.19. The Morgan fingerprint density at radius 2 is 1.71 bits per heavy atom. The van der Waals surface area contributed by atoms with Crippen molar-refractivity contribution in [3.8, 4) is 0 Å². The van der Waals surface area contributed by atoms with E-state index in [9.17, 15) is 18.0 Å². The van der Waals surface area contributed by atoms with Gasteiger partial charge in [0, 0.05) is 43.7 Å². The number of aromatic nitrogens is 2. The van der Waals surface area contributed by atoms with Gasteiger partial charge < -0.3 is 18.8 Å². The van der Waals surface area contributed by atoms with Crippen LogP contribution in [0.3, 0.4) is 0 Å². The number of aryl methyl sites for hydroxylation is 1. The number of carbonyl (C=O) groups excluding carboxylic acids is 2. The lowest BCUT2D eigenvalue weighted by atomic mass is 10.0. The van der Waals surface area contributed by atoms with Gasteiger partial charge in [-0.3, -0.25) is 4.79 Å². The lowest BCUT2D eigenvalue weighted by Gasteiger charge is -2.45. The lowest BCUT2D eigenvalue weighted by Crippen LogP contribution is -2.61. The molecule has 0 spiro atoms. The third kappa shape index (κ3) is 5.74. The number of benzene rings is 1. The van der Waals surface area contributed by atoms with Gasteiger partial charge in [0.1, 0.15) is 11.2 Å². The molecule has 202 valence electrons. The topological polar surface area (TPSA) is 111 Å². The van der Waals surface area contributed by atoms with Crippen molar-refractivity contribution >= 4 is 27.5 Å². The molecule has 0 radical (unpaired) electrons. The van der Waals surface area contributed by atoms with Gasteiger partial charge in [0.25, 0.3) is 0 Å². The van der Waals surface area contributed by atoms with Crippen molar-refractivity contribution in [3.63, 3.8) is 0 Å². The van der Waals surface area contributed by atoms with E-state index in [0.717, 1.165) is 11.2 Å². The fraction of sp³-hybridized carbons (Fsp3) is 0.444. The number of rotatable bonds is 6. The number of Topliss-reactive ketones (excluding diaryl/α,β-unsaturated/α-hetero) is 1. The molecule has 10 nitrogen and oxygen atoms in total. The molecule has 2 atom stereocenters. The second kappa shape index (κ2) is 10.1. The Morgan fingerprint density at radius 3 is 2.37 bits per heavy atom. The molecular formula is C27H32N4O6S. The van der Waals surface area contributed by atoms with E-state index in [1.54, 1.807) is 53.8 Å². The predicted molar refractivity (Wildman–Crippen MR) is 140 cm³/mol. The van der Waals surface area contributed by atoms with Gasteiger partial charge in [0.05, 0.1) is 30.2 Å². The first kappa shape index (κ1) is 26.3. The van der Waals surface area contributed by atoms with E-state index in [1.807, 2.05) is 31.2 Å². The first-order chi connectivity index (χ1) is 18.0. The fourth-order valence-corrected chi connectivity index (χ4v) is 6.29. The second-order valence-electron chi connectivity index (χ2n) is 10.8. The van der Waals surface area contributed by atoms with Crippen LogP contribution < -0.4 is 0 Å². The normalized spacial score (nSPS) is 20.4. The Morgan fingerprint density at radius 1 is 1.03 bits per heavy atom. The van der Waals surface area contributed by atoms with Crippen LogP contribution in [0, 0.1) is 0 Å². The maximum absolute atomic E-state index is 13.4. The largest absolute Gasteiger partial charge is 0.444 e. The average molecular weight is 541 g/mol. The van der Waals surface area contributed by atoms with E-state index >= 15 is 0 Å². The first-order valence-electron chi connectivity index (χ1n) is 12.7. The molecule has 2 fully saturated rings. The Hall–Kier alpha value is -3.28. The number of hydrogen-bond donors (Lipinski definition) is 0. The van der Waals surface area contributed by atoms with Gasteiger partial charge in [-0.1, -0.05) is 12.1 Å². The van der Waals surface area contributed by atoms with E-state index in [0.29, 0.717) is 18.4 Å². The minimum Gasteiger partial charge on any atom is -0.444 e. The van der Waals surface area contributed by atoms with E-state index in [-0.39, 0.29) is 36.9 Å². The van der Waals surface area contributed by atoms with Crippen molar-refractivity contribution in [2.75, 3.05) is 26.2 Å². The van der Waals surface area contributed by atoms with E-state index in [4.69, 9.17) is 9.47 Å². The number of ketones is 1. The van der Waals surface area contributed by atoms with E-state index in [1.165, 1.54) is 4.31 Å². The van der Waals surface area contributed by atoms with Crippen molar-refractivity contribution in [2.45, 2.75) is 56.3 Å². The van der Waals surface area contributed by atoms with Gasteiger partial charge in [-0.15, -0.1) is 0 Å². The Bertz CT molecular complexity index is 1430. The first-order valence-corrected chi connectivity index (χ1v) is 14.1. The van der Waals surface area contributed by atoms with Gasteiger partial charge in [0.15, 0.2) is 5.78 Å². The number of imidazole rings is 1. The quantitative estimate of drug-likeness (QED) is 0.442. The summed E-state index contributed by atoms with van der Waals surface area (Å²) in [7, 11) is -3.73. The van der Waals surface area contributed by atoms with Crippen molar-refractivity contribution in [2.24, 2.45) is 0 Å². The highest BCUT2D eigenvalue weighted by Gasteiger charge is 2.42. The number of hydrogen-bond acceptors (Lipinski definition) is 7. The zero-order valence-corrected chi connectivity index (χ0v) is 22.6. The molecule has 4 heterocycles. The third-order valence-electron chi connectivity index (χ3n) is 6.61. The summed E-state index contributed by atoms with van der Waals surface area (Å²) in [5, 5.41) is 0. The molecule has 3 aromatic rings. The minimum absolute atomic E-state index is 0.0116. The van der Waals surface area contributed by atoms with E-state index < -0.39 is 33.9 Å². The highest BCUT2D eigenvalue weighted by atomic mass is 32.2. The number of pyridine rings is 1. The van der Waals surface area contributed by atoms with Crippen LogP contribution in [0.4, 0.5) is 4.79 Å². The van der Waals surface area contributed by atoms with Crippen molar-refractivity contribution < 1.29 is 27.5 Å². The molecule has 2 unspecified atom stereocenters. The molecule has 2 aliphatic heterocycles. The molecule has 0 N–H and O–H groups in total. The molecule has 1 amide bonds. The molecule has 2 aliphatic rings. The molecule has 38 heavy (non-hydrogen) atoms. The summed E-state index contributed by atoms with van der Waals surface area (Å²) in [6, 6.07) is 10.3. The van der Waals surface area contributed by atoms with Crippen molar-refractivity contribution in [1.29, 1.82) is 0 Å². The van der Waals surface area contributed by atoms with Crippen LogP contribution in [0.1, 0.15) is 43.1 Å². The number of sulfonamides is 1. The van der Waals surface area contributed by atoms with Crippen LogP contribution >= 0.6 is 0 Å². The maximum Gasteiger partial charge on any atom is 0.410 e. The Kier molecular flexibility index (Phi) is 7.01. The molecule has 2 saturated heterocycles. The summed E-state index contributed by atoms with van der Waals surface area (Å²) < 4.78 is 41.4. The third-order valence-corrected chi connectivity index (χ3v) is 8.46. The maximum atomic E-state index is 13.4. The van der Waals surface area contributed by atoms with Gasteiger partial charge in [0.2, 0.25) is 10.0 Å². The molecule has 5 rings (SSSR count). The number of carbonyl (C=O) groups is 2. The molecule has 2 bridgehead atoms. The van der Waals surface area contributed by atoms with Crippen LogP contribution in [0.2, 0.25) is 0 Å². The van der Waals surface area contributed by atoms with Crippen LogP contribution in [-0.4, -0.2) is 82.9 Å². The monoisotopic (exact) mass is 540 g/mol. The zero-order chi connectivity index (χ0) is 27.1. The number of fused-ring (bicyclic) bond motifs is 3. The Labute approximate surface area is 222 Å². The predicted octanol–water partition coefficient (Wildman–Crippen LogP) is 3.16. The van der Waals surface area contributed by atoms with Crippen LogP contribution in [0.15, 0.2) is 59.9 Å². The number of nitrogens with zero attached hydrogens (tertiary/aromatic N) is 4. The second-order valence-corrected chi connectivity index (χ2v) is 12.7. The van der Waals surface area contributed by atoms with Crippen LogP contribution in [0.5, 0.6) is 0 Å². The van der Waals surface area contributed by atoms with Gasteiger partial charge in [-0.25, -0.2) is 18.2 Å². The standard InChI is InChI=1S/C27H32N4O6S/c1-27(2,3)37-26(33)30-15-21-17-31(18-22(16-30)36-21)38(34,35)23-8-4-19(5-9-23)6-10-24(32)20-7-11-25-28-12-13-29(25)14-20/h4-5,7-9,11-14,21-22H,6,10,15-18H2,1-3H3. The van der Waals surface area contributed by atoms with Crippen LogP contribution in [-0.2, 0) is 25.9 Å². The van der Waals surface area contributed by atoms with Gasteiger partial charge >= 0.3 is 6.09 Å². The molecule has 1 aromatic carbocycles. The highest BCUT2D eigenvalue weighted by Crippen LogP contribution is 2.26. The summed E-state index contributed by atoms with van der Waals surface area (Å²) in [6.45, 7) is 6.31. The molecule has 11 heteroatoms. The SMILES string of the molecule is CC(C)(C)OC(=O)N1CC2CN(S(=O)(=O)c3ccc(CCC(=O)c4ccc5nccn5c4)cc3)CC(C1)O2.